The standard InChI is InChI=1S/C18H11O/c1-2-6-13(7-3-1)14-10-11-18-16(12-14)15-8-4-5-9-17(15)19-18/h1-7,9-12H. The van der Waals surface area contributed by atoms with E-state index in [9.17, 15) is 0 Å². The molecule has 0 atom stereocenters. The summed E-state index contributed by atoms with van der Waals surface area (Å²) < 4.78 is 5.81. The molecule has 0 fully saturated rings. The van der Waals surface area contributed by atoms with Crippen molar-refractivity contribution in [2.75, 3.05) is 0 Å². The normalized spacial score (nSPS) is 11.2. The van der Waals surface area contributed by atoms with Crippen molar-refractivity contribution in [1.82, 2.24) is 0 Å². The van der Waals surface area contributed by atoms with Gasteiger partial charge in [0.2, 0.25) is 0 Å². The van der Waals surface area contributed by atoms with E-state index in [0.29, 0.717) is 0 Å². The molecule has 1 heterocycles. The molecule has 0 aliphatic heterocycles. The molecule has 3 aromatic carbocycles. The lowest BCUT2D eigenvalue weighted by atomic mass is 10.0. The van der Waals surface area contributed by atoms with Crippen LogP contribution < -0.4 is 0 Å². The molecule has 0 N–H and O–H groups in total. The second kappa shape index (κ2) is 3.99. The first kappa shape index (κ1) is 10.4. The van der Waals surface area contributed by atoms with Gasteiger partial charge in [0, 0.05) is 10.8 Å². The number of fused-ring (bicyclic) bond motifs is 3. The van der Waals surface area contributed by atoms with Crippen molar-refractivity contribution in [2.24, 2.45) is 0 Å². The van der Waals surface area contributed by atoms with Crippen molar-refractivity contribution in [2.45, 2.75) is 0 Å². The fourth-order valence-electron chi connectivity index (χ4n) is 2.46. The first-order valence-corrected chi connectivity index (χ1v) is 6.30. The van der Waals surface area contributed by atoms with Gasteiger partial charge in [0.05, 0.1) is 0 Å². The van der Waals surface area contributed by atoms with Gasteiger partial charge in [0.1, 0.15) is 11.2 Å². The lowest BCUT2D eigenvalue weighted by Gasteiger charge is -2.00. The van der Waals surface area contributed by atoms with Crippen LogP contribution in [0.5, 0.6) is 0 Å². The molecule has 89 valence electrons. The highest BCUT2D eigenvalue weighted by molar-refractivity contribution is 6.05. The monoisotopic (exact) mass is 243 g/mol. The summed E-state index contributed by atoms with van der Waals surface area (Å²) in [6, 6.07) is 25.8. The zero-order valence-electron chi connectivity index (χ0n) is 10.3. The third-order valence-corrected chi connectivity index (χ3v) is 3.39. The van der Waals surface area contributed by atoms with E-state index in [4.69, 9.17) is 4.42 Å². The first-order chi connectivity index (χ1) is 9.42. The summed E-state index contributed by atoms with van der Waals surface area (Å²) in [7, 11) is 0. The molecule has 1 aromatic heterocycles. The van der Waals surface area contributed by atoms with Crippen LogP contribution >= 0.6 is 0 Å². The van der Waals surface area contributed by atoms with Crippen molar-refractivity contribution in [3.63, 3.8) is 0 Å². The zero-order chi connectivity index (χ0) is 12.7. The Bertz CT molecular complexity index is 857. The van der Waals surface area contributed by atoms with Gasteiger partial charge in [-0.05, 0) is 35.4 Å². The quantitative estimate of drug-likeness (QED) is 0.455. The molecule has 1 heteroatoms. The summed E-state index contributed by atoms with van der Waals surface area (Å²) in [5.41, 5.74) is 4.22. The van der Waals surface area contributed by atoms with E-state index in [1.807, 2.05) is 30.3 Å². The van der Waals surface area contributed by atoms with Gasteiger partial charge in [0.25, 0.3) is 0 Å². The van der Waals surface area contributed by atoms with Gasteiger partial charge in [-0.3, -0.25) is 0 Å². The summed E-state index contributed by atoms with van der Waals surface area (Å²) in [6.07, 6.45) is 0. The van der Waals surface area contributed by atoms with Crippen LogP contribution in [0.1, 0.15) is 0 Å². The topological polar surface area (TPSA) is 13.1 Å². The average molecular weight is 243 g/mol. The van der Waals surface area contributed by atoms with Gasteiger partial charge in [0.15, 0.2) is 0 Å². The van der Waals surface area contributed by atoms with Crippen molar-refractivity contribution < 1.29 is 4.42 Å². The van der Waals surface area contributed by atoms with E-state index in [1.165, 1.54) is 11.1 Å². The molecule has 0 unspecified atom stereocenters. The molecule has 0 spiro atoms. The van der Waals surface area contributed by atoms with E-state index in [2.05, 4.69) is 42.5 Å². The minimum absolute atomic E-state index is 0.891. The van der Waals surface area contributed by atoms with Crippen molar-refractivity contribution >= 4 is 21.9 Å². The van der Waals surface area contributed by atoms with E-state index in [0.717, 1.165) is 21.9 Å². The van der Waals surface area contributed by atoms with Gasteiger partial charge in [-0.15, -0.1) is 0 Å². The smallest absolute Gasteiger partial charge is 0.136 e. The minimum Gasteiger partial charge on any atom is -0.456 e. The largest absolute Gasteiger partial charge is 0.456 e. The third kappa shape index (κ3) is 1.63. The Labute approximate surface area is 111 Å². The summed E-state index contributed by atoms with van der Waals surface area (Å²) >= 11 is 0. The van der Waals surface area contributed by atoms with Crippen LogP contribution in [0.15, 0.2) is 71.1 Å². The molecule has 0 aliphatic carbocycles. The maximum atomic E-state index is 5.81. The van der Waals surface area contributed by atoms with Crippen LogP contribution in [-0.4, -0.2) is 0 Å². The van der Waals surface area contributed by atoms with Gasteiger partial charge < -0.3 is 4.42 Å². The summed E-state index contributed by atoms with van der Waals surface area (Å²) in [4.78, 5) is 0. The fourth-order valence-corrected chi connectivity index (χ4v) is 2.46. The van der Waals surface area contributed by atoms with Gasteiger partial charge >= 0.3 is 0 Å². The number of hydrogen-bond donors (Lipinski definition) is 0. The molecule has 4 aromatic rings. The number of benzene rings is 3. The SMILES string of the molecule is [c]1cccc2oc3ccc(-c4ccccc4)cc3c12. The Morgan fingerprint density at radius 2 is 1.63 bits per heavy atom. The van der Waals surface area contributed by atoms with Crippen LogP contribution in [0.4, 0.5) is 0 Å². The van der Waals surface area contributed by atoms with E-state index >= 15 is 0 Å². The highest BCUT2D eigenvalue weighted by atomic mass is 16.3. The van der Waals surface area contributed by atoms with Gasteiger partial charge in [-0.2, -0.15) is 0 Å². The maximum absolute atomic E-state index is 5.81. The summed E-state index contributed by atoms with van der Waals surface area (Å²) in [6.45, 7) is 0. The molecule has 1 radical (unpaired) electrons. The van der Waals surface area contributed by atoms with Crippen LogP contribution in [0, 0.1) is 6.07 Å². The third-order valence-electron chi connectivity index (χ3n) is 3.39. The maximum Gasteiger partial charge on any atom is 0.136 e. The van der Waals surface area contributed by atoms with Gasteiger partial charge in [-0.25, -0.2) is 0 Å². The van der Waals surface area contributed by atoms with E-state index in [-0.39, 0.29) is 0 Å². The summed E-state index contributed by atoms with van der Waals surface area (Å²) in [5.74, 6) is 0. The zero-order valence-corrected chi connectivity index (χ0v) is 10.3. The molecule has 19 heavy (non-hydrogen) atoms. The Hall–Kier alpha value is -2.54. The highest BCUT2D eigenvalue weighted by Crippen LogP contribution is 2.31. The Kier molecular flexibility index (Phi) is 2.18. The lowest BCUT2D eigenvalue weighted by molar-refractivity contribution is 0.669. The predicted molar refractivity (Wildman–Crippen MR) is 78.0 cm³/mol. The Balaban J connectivity index is 2.03. The lowest BCUT2D eigenvalue weighted by Crippen LogP contribution is -1.76. The first-order valence-electron chi connectivity index (χ1n) is 6.30. The molecule has 0 amide bonds. The number of hydrogen-bond acceptors (Lipinski definition) is 1. The van der Waals surface area contributed by atoms with E-state index in [1.54, 1.807) is 0 Å². The predicted octanol–water partition coefficient (Wildman–Crippen LogP) is 5.05. The van der Waals surface area contributed by atoms with E-state index < -0.39 is 0 Å². The molecule has 1 nitrogen and oxygen atoms in total. The van der Waals surface area contributed by atoms with Crippen molar-refractivity contribution in [3.05, 3.63) is 72.8 Å². The molecular formula is C18H11O. The second-order valence-corrected chi connectivity index (χ2v) is 4.59. The Morgan fingerprint density at radius 3 is 2.53 bits per heavy atom. The molecule has 0 saturated heterocycles. The number of furan rings is 1. The highest BCUT2D eigenvalue weighted by Gasteiger charge is 2.07. The minimum atomic E-state index is 0.891. The molecule has 0 saturated carbocycles. The molecule has 4 rings (SSSR count). The van der Waals surface area contributed by atoms with Crippen LogP contribution in [-0.2, 0) is 0 Å². The van der Waals surface area contributed by atoms with Gasteiger partial charge in [-0.1, -0.05) is 48.5 Å². The van der Waals surface area contributed by atoms with Crippen LogP contribution in [0.3, 0.4) is 0 Å². The molecule has 0 aliphatic rings. The fraction of sp³-hybridized carbons (Fsp3) is 0. The van der Waals surface area contributed by atoms with Crippen LogP contribution in [0.2, 0.25) is 0 Å². The molecule has 0 bridgehead atoms. The molecular weight excluding hydrogens is 232 g/mol. The van der Waals surface area contributed by atoms with Crippen molar-refractivity contribution in [1.29, 1.82) is 0 Å². The Morgan fingerprint density at radius 1 is 0.737 bits per heavy atom. The number of rotatable bonds is 1. The van der Waals surface area contributed by atoms with Crippen LogP contribution in [0.25, 0.3) is 33.1 Å². The second-order valence-electron chi connectivity index (χ2n) is 4.59. The van der Waals surface area contributed by atoms with Crippen molar-refractivity contribution in [3.8, 4) is 11.1 Å². The summed E-state index contributed by atoms with van der Waals surface area (Å²) in [5, 5.41) is 2.17. The average Bonchev–Trinajstić information content (AvgIpc) is 2.86.